The van der Waals surface area contributed by atoms with E-state index in [1.165, 1.54) is 11.1 Å². The van der Waals surface area contributed by atoms with Crippen LogP contribution in [-0.4, -0.2) is 22.5 Å². The lowest BCUT2D eigenvalue weighted by Gasteiger charge is -2.24. The van der Waals surface area contributed by atoms with Gasteiger partial charge in [-0.1, -0.05) is 66.2 Å². The molecule has 2 amide bonds. The molecule has 0 aromatic heterocycles. The smallest absolute Gasteiger partial charge is 0.251 e. The maximum Gasteiger partial charge on any atom is 0.251 e. The minimum Gasteiger partial charge on any atom is -0.346 e. The highest BCUT2D eigenvalue weighted by molar-refractivity contribution is 8.00. The van der Waals surface area contributed by atoms with Crippen molar-refractivity contribution in [2.45, 2.75) is 38.7 Å². The third kappa shape index (κ3) is 4.89. The van der Waals surface area contributed by atoms with Gasteiger partial charge in [0.05, 0.1) is 11.8 Å². The van der Waals surface area contributed by atoms with E-state index in [-0.39, 0.29) is 23.2 Å². The summed E-state index contributed by atoms with van der Waals surface area (Å²) in [6.07, 6.45) is 0. The van der Waals surface area contributed by atoms with Crippen molar-refractivity contribution in [3.63, 3.8) is 0 Å². The third-order valence-electron chi connectivity index (χ3n) is 5.86. The molecule has 0 unspecified atom stereocenters. The molecule has 1 aliphatic heterocycles. The molecule has 5 heteroatoms. The second-order valence-electron chi connectivity index (χ2n) is 8.35. The SMILES string of the molecule is Cc1ccc([C@H](C)NC(=O)c2ccc([C@@H]3SCC(=O)N3Cc3ccccc3)cc2)c(C)c1. The zero-order chi connectivity index (χ0) is 22.7. The molecule has 0 spiro atoms. The first kappa shape index (κ1) is 22.2. The highest BCUT2D eigenvalue weighted by Crippen LogP contribution is 2.39. The zero-order valence-corrected chi connectivity index (χ0v) is 19.5. The number of benzene rings is 3. The molecule has 1 N–H and O–H groups in total. The van der Waals surface area contributed by atoms with Crippen LogP contribution >= 0.6 is 11.8 Å². The van der Waals surface area contributed by atoms with Crippen molar-refractivity contribution in [1.82, 2.24) is 10.2 Å². The number of thioether (sulfide) groups is 1. The second-order valence-corrected chi connectivity index (χ2v) is 9.42. The van der Waals surface area contributed by atoms with Crippen molar-refractivity contribution < 1.29 is 9.59 Å². The van der Waals surface area contributed by atoms with Gasteiger partial charge in [-0.3, -0.25) is 9.59 Å². The summed E-state index contributed by atoms with van der Waals surface area (Å²) >= 11 is 1.63. The van der Waals surface area contributed by atoms with Crippen LogP contribution in [0.3, 0.4) is 0 Å². The molecule has 1 saturated heterocycles. The van der Waals surface area contributed by atoms with Gasteiger partial charge in [-0.2, -0.15) is 0 Å². The summed E-state index contributed by atoms with van der Waals surface area (Å²) in [4.78, 5) is 27.2. The van der Waals surface area contributed by atoms with E-state index in [0.29, 0.717) is 17.9 Å². The van der Waals surface area contributed by atoms with Crippen molar-refractivity contribution in [3.8, 4) is 0 Å². The fourth-order valence-corrected chi connectivity index (χ4v) is 5.34. The Balaban J connectivity index is 1.45. The van der Waals surface area contributed by atoms with Gasteiger partial charge in [-0.15, -0.1) is 11.8 Å². The summed E-state index contributed by atoms with van der Waals surface area (Å²) in [5.41, 5.74) is 6.28. The van der Waals surface area contributed by atoms with E-state index in [1.807, 2.05) is 66.4 Å². The van der Waals surface area contributed by atoms with Crippen LogP contribution in [-0.2, 0) is 11.3 Å². The fraction of sp³-hybridized carbons (Fsp3) is 0.259. The summed E-state index contributed by atoms with van der Waals surface area (Å²) in [7, 11) is 0. The third-order valence-corrected chi connectivity index (χ3v) is 7.12. The Morgan fingerprint density at radius 3 is 2.47 bits per heavy atom. The van der Waals surface area contributed by atoms with Gasteiger partial charge in [0, 0.05) is 12.1 Å². The molecule has 0 aliphatic carbocycles. The number of rotatable bonds is 6. The quantitative estimate of drug-likeness (QED) is 0.541. The molecule has 164 valence electrons. The van der Waals surface area contributed by atoms with Crippen LogP contribution in [0, 0.1) is 13.8 Å². The van der Waals surface area contributed by atoms with Gasteiger partial charge < -0.3 is 10.2 Å². The first-order valence-electron chi connectivity index (χ1n) is 10.9. The highest BCUT2D eigenvalue weighted by atomic mass is 32.2. The molecule has 0 saturated carbocycles. The van der Waals surface area contributed by atoms with Gasteiger partial charge in [0.25, 0.3) is 5.91 Å². The maximum atomic E-state index is 12.8. The lowest BCUT2D eigenvalue weighted by atomic mass is 10.00. The lowest BCUT2D eigenvalue weighted by molar-refractivity contribution is -0.128. The number of aryl methyl sites for hydroxylation is 2. The standard InChI is InChI=1S/C27H28N2O2S/c1-18-9-14-24(19(2)15-18)20(3)28-26(31)22-10-12-23(13-11-22)27-29(25(30)17-32-27)16-21-7-5-4-6-8-21/h4-15,20,27H,16-17H2,1-3H3,(H,28,31)/t20-,27-/m0/s1. The van der Waals surface area contributed by atoms with Crippen LogP contribution in [0.1, 0.15) is 56.5 Å². The molecule has 1 heterocycles. The summed E-state index contributed by atoms with van der Waals surface area (Å²) in [5, 5.41) is 3.07. The maximum absolute atomic E-state index is 12.8. The van der Waals surface area contributed by atoms with E-state index < -0.39 is 0 Å². The van der Waals surface area contributed by atoms with Crippen LogP contribution in [0.4, 0.5) is 0 Å². The van der Waals surface area contributed by atoms with Gasteiger partial charge in [-0.25, -0.2) is 0 Å². The monoisotopic (exact) mass is 444 g/mol. The first-order chi connectivity index (χ1) is 15.4. The Morgan fingerprint density at radius 2 is 1.78 bits per heavy atom. The van der Waals surface area contributed by atoms with Crippen LogP contribution in [0.5, 0.6) is 0 Å². The molecular weight excluding hydrogens is 416 g/mol. The van der Waals surface area contributed by atoms with Crippen molar-refractivity contribution >= 4 is 23.6 Å². The van der Waals surface area contributed by atoms with Crippen molar-refractivity contribution in [1.29, 1.82) is 0 Å². The topological polar surface area (TPSA) is 49.4 Å². The predicted octanol–water partition coefficient (Wildman–Crippen LogP) is 5.57. The number of hydrogen-bond acceptors (Lipinski definition) is 3. The Morgan fingerprint density at radius 1 is 1.06 bits per heavy atom. The Labute approximate surface area is 194 Å². The lowest BCUT2D eigenvalue weighted by Crippen LogP contribution is -2.28. The average Bonchev–Trinajstić information content (AvgIpc) is 3.14. The summed E-state index contributed by atoms with van der Waals surface area (Å²) in [6, 6.07) is 23.9. The minimum atomic E-state index is -0.0969. The molecule has 2 atom stereocenters. The van der Waals surface area contributed by atoms with E-state index >= 15 is 0 Å². The van der Waals surface area contributed by atoms with Crippen molar-refractivity contribution in [2.24, 2.45) is 0 Å². The number of carbonyl (C=O) groups excluding carboxylic acids is 2. The summed E-state index contributed by atoms with van der Waals surface area (Å²) in [5.74, 6) is 0.529. The summed E-state index contributed by atoms with van der Waals surface area (Å²) in [6.45, 7) is 6.74. The first-order valence-corrected chi connectivity index (χ1v) is 11.9. The molecule has 1 fully saturated rings. The molecular formula is C27H28N2O2S. The average molecular weight is 445 g/mol. The summed E-state index contributed by atoms with van der Waals surface area (Å²) < 4.78 is 0. The molecule has 0 radical (unpaired) electrons. The van der Waals surface area contributed by atoms with E-state index in [9.17, 15) is 9.59 Å². The van der Waals surface area contributed by atoms with Crippen LogP contribution in [0.25, 0.3) is 0 Å². The molecule has 4 rings (SSSR count). The van der Waals surface area contributed by atoms with E-state index in [0.717, 1.165) is 16.7 Å². The molecule has 3 aromatic carbocycles. The molecule has 1 aliphatic rings. The Hall–Kier alpha value is -3.05. The minimum absolute atomic E-state index is 0.0334. The van der Waals surface area contributed by atoms with Gasteiger partial charge in [0.1, 0.15) is 5.37 Å². The van der Waals surface area contributed by atoms with Gasteiger partial charge >= 0.3 is 0 Å². The number of nitrogens with one attached hydrogen (secondary N) is 1. The molecule has 3 aromatic rings. The fourth-order valence-electron chi connectivity index (χ4n) is 4.15. The number of hydrogen-bond donors (Lipinski definition) is 1. The number of carbonyl (C=O) groups is 2. The number of nitrogens with zero attached hydrogens (tertiary/aromatic N) is 1. The van der Waals surface area contributed by atoms with Gasteiger partial charge in [0.15, 0.2) is 0 Å². The van der Waals surface area contributed by atoms with Crippen LogP contribution in [0.2, 0.25) is 0 Å². The zero-order valence-electron chi connectivity index (χ0n) is 18.7. The predicted molar refractivity (Wildman–Crippen MR) is 130 cm³/mol. The second kappa shape index (κ2) is 9.61. The Bertz CT molecular complexity index is 1110. The van der Waals surface area contributed by atoms with E-state index in [1.54, 1.807) is 11.8 Å². The Kier molecular flexibility index (Phi) is 6.66. The van der Waals surface area contributed by atoms with Crippen LogP contribution < -0.4 is 5.32 Å². The normalized spacial score (nSPS) is 16.8. The number of amides is 2. The van der Waals surface area contributed by atoms with Gasteiger partial charge in [-0.05, 0) is 55.2 Å². The van der Waals surface area contributed by atoms with E-state index in [2.05, 4.69) is 37.4 Å². The highest BCUT2D eigenvalue weighted by Gasteiger charge is 2.32. The largest absolute Gasteiger partial charge is 0.346 e. The van der Waals surface area contributed by atoms with Crippen LogP contribution in [0.15, 0.2) is 72.8 Å². The van der Waals surface area contributed by atoms with E-state index in [4.69, 9.17) is 0 Å². The van der Waals surface area contributed by atoms with Crippen molar-refractivity contribution in [3.05, 3.63) is 106 Å². The molecule has 4 nitrogen and oxygen atoms in total. The molecule has 0 bridgehead atoms. The van der Waals surface area contributed by atoms with Gasteiger partial charge in [0.2, 0.25) is 5.91 Å². The molecule has 32 heavy (non-hydrogen) atoms. The van der Waals surface area contributed by atoms with Crippen molar-refractivity contribution in [2.75, 3.05) is 5.75 Å².